The molecule has 0 radical (unpaired) electrons. The molecular formula is C14H20BrFIN3. The molecule has 0 aliphatic heterocycles. The summed E-state index contributed by atoms with van der Waals surface area (Å²) in [7, 11) is 0. The molecule has 2 atom stereocenters. The molecule has 2 unspecified atom stereocenters. The summed E-state index contributed by atoms with van der Waals surface area (Å²) in [5.41, 5.74) is 0.593. The Balaban J connectivity index is 0.00000200. The number of aliphatic imine (C=N–C) groups is 1. The summed E-state index contributed by atoms with van der Waals surface area (Å²) in [6.07, 6.45) is 1.18. The Morgan fingerprint density at radius 1 is 1.50 bits per heavy atom. The van der Waals surface area contributed by atoms with Gasteiger partial charge in [-0.2, -0.15) is 0 Å². The molecule has 1 aromatic carbocycles. The van der Waals surface area contributed by atoms with Gasteiger partial charge in [0, 0.05) is 22.6 Å². The van der Waals surface area contributed by atoms with E-state index in [9.17, 15) is 4.39 Å². The van der Waals surface area contributed by atoms with Gasteiger partial charge in [0.2, 0.25) is 0 Å². The third kappa shape index (κ3) is 5.20. The minimum Gasteiger partial charge on any atom is -0.357 e. The van der Waals surface area contributed by atoms with Crippen LogP contribution in [0.5, 0.6) is 0 Å². The maximum atomic E-state index is 13.6. The van der Waals surface area contributed by atoms with E-state index in [1.54, 1.807) is 12.1 Å². The Morgan fingerprint density at radius 2 is 2.20 bits per heavy atom. The zero-order chi connectivity index (χ0) is 13.8. The highest BCUT2D eigenvalue weighted by Gasteiger charge is 2.33. The van der Waals surface area contributed by atoms with E-state index >= 15 is 0 Å². The van der Waals surface area contributed by atoms with E-state index < -0.39 is 0 Å². The second-order valence-corrected chi connectivity index (χ2v) is 5.81. The lowest BCUT2D eigenvalue weighted by atomic mass is 10.2. The Bertz CT molecular complexity index is 481. The number of hydrogen-bond donors (Lipinski definition) is 2. The van der Waals surface area contributed by atoms with Crippen LogP contribution in [0.4, 0.5) is 4.39 Å². The Hall–Kier alpha value is -0.370. The van der Waals surface area contributed by atoms with Gasteiger partial charge in [-0.15, -0.1) is 24.0 Å². The van der Waals surface area contributed by atoms with Crippen LogP contribution in [-0.2, 0) is 6.54 Å². The van der Waals surface area contributed by atoms with Crippen LogP contribution in [0.15, 0.2) is 27.7 Å². The standard InChI is InChI=1S/C14H19BrFN3.HI/c1-3-17-14(19-13-6-9(13)2)18-8-10-7-11(15)4-5-12(10)16;/h4-5,7,9,13H,3,6,8H2,1-2H3,(H2,17,18,19);1H. The van der Waals surface area contributed by atoms with Gasteiger partial charge in [0.1, 0.15) is 5.82 Å². The van der Waals surface area contributed by atoms with Crippen LogP contribution < -0.4 is 10.6 Å². The highest BCUT2D eigenvalue weighted by Crippen LogP contribution is 2.28. The van der Waals surface area contributed by atoms with Crippen LogP contribution >= 0.6 is 39.9 Å². The number of rotatable bonds is 4. The highest BCUT2D eigenvalue weighted by molar-refractivity contribution is 14.0. The normalized spacial score (nSPS) is 21.1. The molecule has 2 N–H and O–H groups in total. The summed E-state index contributed by atoms with van der Waals surface area (Å²) < 4.78 is 14.5. The second-order valence-electron chi connectivity index (χ2n) is 4.89. The van der Waals surface area contributed by atoms with E-state index in [4.69, 9.17) is 0 Å². The fourth-order valence-corrected chi connectivity index (χ4v) is 2.26. The van der Waals surface area contributed by atoms with E-state index in [2.05, 4.69) is 38.5 Å². The fraction of sp³-hybridized carbons (Fsp3) is 0.500. The predicted molar refractivity (Wildman–Crippen MR) is 95.0 cm³/mol. The summed E-state index contributed by atoms with van der Waals surface area (Å²) in [4.78, 5) is 4.43. The molecule has 6 heteroatoms. The van der Waals surface area contributed by atoms with Crippen molar-refractivity contribution in [2.24, 2.45) is 10.9 Å². The monoisotopic (exact) mass is 455 g/mol. The van der Waals surface area contributed by atoms with Crippen molar-refractivity contribution in [2.75, 3.05) is 6.54 Å². The van der Waals surface area contributed by atoms with Gasteiger partial charge in [0.25, 0.3) is 0 Å². The Labute approximate surface area is 145 Å². The smallest absolute Gasteiger partial charge is 0.191 e. The Kier molecular flexibility index (Phi) is 7.22. The number of hydrogen-bond acceptors (Lipinski definition) is 1. The van der Waals surface area contributed by atoms with Gasteiger partial charge in [-0.1, -0.05) is 22.9 Å². The molecule has 1 aromatic rings. The average molecular weight is 456 g/mol. The summed E-state index contributed by atoms with van der Waals surface area (Å²) >= 11 is 3.35. The predicted octanol–water partition coefficient (Wildman–Crippen LogP) is 3.67. The third-order valence-corrected chi connectivity index (χ3v) is 3.68. The zero-order valence-corrected chi connectivity index (χ0v) is 15.5. The summed E-state index contributed by atoms with van der Waals surface area (Å²) in [6, 6.07) is 5.42. The van der Waals surface area contributed by atoms with E-state index in [0.29, 0.717) is 24.1 Å². The summed E-state index contributed by atoms with van der Waals surface area (Å²) in [5, 5.41) is 6.53. The number of halogens is 3. The van der Waals surface area contributed by atoms with Gasteiger partial charge in [-0.05, 0) is 37.5 Å². The first-order chi connectivity index (χ1) is 9.10. The van der Waals surface area contributed by atoms with Crippen LogP contribution in [0, 0.1) is 11.7 Å². The molecule has 0 saturated heterocycles. The fourth-order valence-electron chi connectivity index (χ4n) is 1.85. The summed E-state index contributed by atoms with van der Waals surface area (Å²) in [5.74, 6) is 1.24. The van der Waals surface area contributed by atoms with E-state index in [1.165, 1.54) is 12.5 Å². The quantitative estimate of drug-likeness (QED) is 0.413. The number of benzene rings is 1. The van der Waals surface area contributed by atoms with Gasteiger partial charge >= 0.3 is 0 Å². The van der Waals surface area contributed by atoms with Crippen molar-refractivity contribution in [1.82, 2.24) is 10.6 Å². The van der Waals surface area contributed by atoms with E-state index in [0.717, 1.165) is 17.0 Å². The van der Waals surface area contributed by atoms with Crippen molar-refractivity contribution in [3.63, 3.8) is 0 Å². The van der Waals surface area contributed by atoms with Crippen molar-refractivity contribution in [3.05, 3.63) is 34.1 Å². The lowest BCUT2D eigenvalue weighted by molar-refractivity contribution is 0.609. The van der Waals surface area contributed by atoms with Crippen molar-refractivity contribution < 1.29 is 4.39 Å². The number of nitrogens with zero attached hydrogens (tertiary/aromatic N) is 1. The topological polar surface area (TPSA) is 36.4 Å². The molecule has 20 heavy (non-hydrogen) atoms. The van der Waals surface area contributed by atoms with Gasteiger partial charge in [0.05, 0.1) is 6.54 Å². The summed E-state index contributed by atoms with van der Waals surface area (Å²) in [6.45, 7) is 5.36. The average Bonchev–Trinajstić information content (AvgIpc) is 3.06. The molecule has 0 bridgehead atoms. The minimum atomic E-state index is -0.220. The lowest BCUT2D eigenvalue weighted by Crippen LogP contribution is -2.39. The molecule has 1 aliphatic carbocycles. The molecule has 112 valence electrons. The molecule has 2 rings (SSSR count). The minimum absolute atomic E-state index is 0. The van der Waals surface area contributed by atoms with Crippen molar-refractivity contribution >= 4 is 45.9 Å². The molecule has 0 aromatic heterocycles. The molecule has 1 fully saturated rings. The Morgan fingerprint density at radius 3 is 2.80 bits per heavy atom. The highest BCUT2D eigenvalue weighted by atomic mass is 127. The van der Waals surface area contributed by atoms with E-state index in [1.807, 2.05) is 6.92 Å². The van der Waals surface area contributed by atoms with Crippen LogP contribution in [-0.4, -0.2) is 18.5 Å². The first kappa shape index (κ1) is 17.7. The first-order valence-electron chi connectivity index (χ1n) is 6.59. The van der Waals surface area contributed by atoms with E-state index in [-0.39, 0.29) is 29.8 Å². The molecule has 0 heterocycles. The first-order valence-corrected chi connectivity index (χ1v) is 7.38. The van der Waals surface area contributed by atoms with Gasteiger partial charge in [-0.25, -0.2) is 9.38 Å². The molecule has 1 aliphatic rings. The van der Waals surface area contributed by atoms with Crippen LogP contribution in [0.1, 0.15) is 25.8 Å². The second kappa shape index (κ2) is 8.17. The van der Waals surface area contributed by atoms with Crippen molar-refractivity contribution in [3.8, 4) is 0 Å². The van der Waals surface area contributed by atoms with Gasteiger partial charge in [-0.3, -0.25) is 0 Å². The maximum Gasteiger partial charge on any atom is 0.191 e. The SMILES string of the molecule is CCNC(=NCc1cc(Br)ccc1F)NC1CC1C.I. The lowest BCUT2D eigenvalue weighted by Gasteiger charge is -2.11. The number of nitrogens with one attached hydrogen (secondary N) is 2. The largest absolute Gasteiger partial charge is 0.357 e. The third-order valence-electron chi connectivity index (χ3n) is 3.19. The van der Waals surface area contributed by atoms with Gasteiger partial charge in [0.15, 0.2) is 5.96 Å². The molecule has 0 spiro atoms. The molecular weight excluding hydrogens is 436 g/mol. The van der Waals surface area contributed by atoms with Crippen LogP contribution in [0.2, 0.25) is 0 Å². The zero-order valence-electron chi connectivity index (χ0n) is 11.6. The maximum absolute atomic E-state index is 13.6. The van der Waals surface area contributed by atoms with Gasteiger partial charge < -0.3 is 10.6 Å². The van der Waals surface area contributed by atoms with Crippen LogP contribution in [0.3, 0.4) is 0 Å². The number of guanidine groups is 1. The molecule has 0 amide bonds. The van der Waals surface area contributed by atoms with Crippen molar-refractivity contribution in [2.45, 2.75) is 32.9 Å². The molecule has 3 nitrogen and oxygen atoms in total. The van der Waals surface area contributed by atoms with Crippen LogP contribution in [0.25, 0.3) is 0 Å². The molecule has 1 saturated carbocycles. The van der Waals surface area contributed by atoms with Crippen molar-refractivity contribution in [1.29, 1.82) is 0 Å².